The standard InChI is InChI=1S/C14H19NO3/c1-3-17-14(16)12-4-5-13(18-9-12)11-6-7-15-10(2)8-11/h6-8,12-13H,3-5,9H2,1-2H3. The summed E-state index contributed by atoms with van der Waals surface area (Å²) >= 11 is 0. The summed E-state index contributed by atoms with van der Waals surface area (Å²) in [4.78, 5) is 15.8. The minimum Gasteiger partial charge on any atom is -0.466 e. The van der Waals surface area contributed by atoms with Crippen LogP contribution in [-0.4, -0.2) is 24.2 Å². The molecule has 0 N–H and O–H groups in total. The number of aromatic nitrogens is 1. The fraction of sp³-hybridized carbons (Fsp3) is 0.571. The summed E-state index contributed by atoms with van der Waals surface area (Å²) in [7, 11) is 0. The van der Waals surface area contributed by atoms with E-state index in [1.165, 1.54) is 0 Å². The van der Waals surface area contributed by atoms with Crippen LogP contribution in [0.25, 0.3) is 0 Å². The lowest BCUT2D eigenvalue weighted by Gasteiger charge is -2.28. The highest BCUT2D eigenvalue weighted by Crippen LogP contribution is 2.31. The van der Waals surface area contributed by atoms with Crippen LogP contribution in [0, 0.1) is 12.8 Å². The molecule has 0 radical (unpaired) electrons. The first-order valence-corrected chi connectivity index (χ1v) is 6.41. The Hall–Kier alpha value is -1.42. The maximum absolute atomic E-state index is 11.6. The number of hydrogen-bond donors (Lipinski definition) is 0. The second-order valence-electron chi connectivity index (χ2n) is 4.58. The number of esters is 1. The average molecular weight is 249 g/mol. The maximum atomic E-state index is 11.6. The molecule has 2 rings (SSSR count). The first kappa shape index (κ1) is 13.0. The Balaban J connectivity index is 1.92. The van der Waals surface area contributed by atoms with Crippen LogP contribution in [-0.2, 0) is 14.3 Å². The third kappa shape index (κ3) is 3.07. The molecule has 2 atom stereocenters. The van der Waals surface area contributed by atoms with E-state index in [9.17, 15) is 4.79 Å². The van der Waals surface area contributed by atoms with Crippen molar-refractivity contribution in [2.45, 2.75) is 32.8 Å². The lowest BCUT2D eigenvalue weighted by atomic mass is 9.95. The molecule has 0 saturated carbocycles. The van der Waals surface area contributed by atoms with Crippen LogP contribution in [0.4, 0.5) is 0 Å². The Morgan fingerprint density at radius 2 is 2.39 bits per heavy atom. The first-order valence-electron chi connectivity index (χ1n) is 6.41. The second-order valence-corrected chi connectivity index (χ2v) is 4.58. The molecule has 1 aliphatic heterocycles. The summed E-state index contributed by atoms with van der Waals surface area (Å²) in [5, 5.41) is 0. The molecule has 1 aromatic heterocycles. The van der Waals surface area contributed by atoms with Gasteiger partial charge in [0.15, 0.2) is 0 Å². The van der Waals surface area contributed by atoms with Crippen molar-refractivity contribution in [2.24, 2.45) is 5.92 Å². The van der Waals surface area contributed by atoms with Crippen molar-refractivity contribution in [3.8, 4) is 0 Å². The minimum atomic E-state index is -0.137. The highest BCUT2D eigenvalue weighted by atomic mass is 16.5. The third-order valence-electron chi connectivity index (χ3n) is 3.19. The zero-order chi connectivity index (χ0) is 13.0. The molecular weight excluding hydrogens is 230 g/mol. The summed E-state index contributed by atoms with van der Waals surface area (Å²) in [6, 6.07) is 4.01. The molecule has 4 heteroatoms. The molecule has 0 bridgehead atoms. The molecule has 1 fully saturated rings. The summed E-state index contributed by atoms with van der Waals surface area (Å²) in [5.74, 6) is -0.244. The molecule has 2 heterocycles. The van der Waals surface area contributed by atoms with Crippen LogP contribution in [0.15, 0.2) is 18.3 Å². The van der Waals surface area contributed by atoms with E-state index in [1.807, 2.05) is 26.0 Å². The van der Waals surface area contributed by atoms with Crippen molar-refractivity contribution in [1.82, 2.24) is 4.98 Å². The fourth-order valence-electron chi connectivity index (χ4n) is 2.23. The number of rotatable bonds is 3. The lowest BCUT2D eigenvalue weighted by molar-refractivity contribution is -0.154. The highest BCUT2D eigenvalue weighted by molar-refractivity contribution is 5.72. The third-order valence-corrected chi connectivity index (χ3v) is 3.19. The lowest BCUT2D eigenvalue weighted by Crippen LogP contribution is -2.28. The highest BCUT2D eigenvalue weighted by Gasteiger charge is 2.28. The van der Waals surface area contributed by atoms with Crippen molar-refractivity contribution in [2.75, 3.05) is 13.2 Å². The summed E-state index contributed by atoms with van der Waals surface area (Å²) in [5.41, 5.74) is 2.13. The SMILES string of the molecule is CCOC(=O)C1CCC(c2ccnc(C)c2)OC1. The van der Waals surface area contributed by atoms with Gasteiger partial charge < -0.3 is 9.47 Å². The van der Waals surface area contributed by atoms with Gasteiger partial charge in [-0.1, -0.05) is 0 Å². The molecular formula is C14H19NO3. The van der Waals surface area contributed by atoms with Crippen molar-refractivity contribution < 1.29 is 14.3 Å². The average Bonchev–Trinajstić information content (AvgIpc) is 2.39. The predicted octanol–water partition coefficient (Wildman–Crippen LogP) is 2.42. The predicted molar refractivity (Wildman–Crippen MR) is 67.0 cm³/mol. The molecule has 0 spiro atoms. The van der Waals surface area contributed by atoms with Gasteiger partial charge in [0, 0.05) is 11.9 Å². The number of aryl methyl sites for hydroxylation is 1. The molecule has 1 aliphatic rings. The normalized spacial score (nSPS) is 23.7. The Bertz CT molecular complexity index is 411. The Morgan fingerprint density at radius 1 is 1.56 bits per heavy atom. The number of pyridine rings is 1. The first-order chi connectivity index (χ1) is 8.70. The van der Waals surface area contributed by atoms with Gasteiger partial charge in [-0.15, -0.1) is 0 Å². The topological polar surface area (TPSA) is 48.4 Å². The van der Waals surface area contributed by atoms with Crippen LogP contribution < -0.4 is 0 Å². The van der Waals surface area contributed by atoms with Crippen LogP contribution in [0.3, 0.4) is 0 Å². The van der Waals surface area contributed by atoms with E-state index in [2.05, 4.69) is 4.98 Å². The minimum absolute atomic E-state index is 0.0809. The van der Waals surface area contributed by atoms with Gasteiger partial charge in [0.25, 0.3) is 0 Å². The molecule has 0 aromatic carbocycles. The van der Waals surface area contributed by atoms with E-state index in [1.54, 1.807) is 6.20 Å². The van der Waals surface area contributed by atoms with Crippen molar-refractivity contribution >= 4 is 5.97 Å². The van der Waals surface area contributed by atoms with Crippen molar-refractivity contribution in [1.29, 1.82) is 0 Å². The molecule has 4 nitrogen and oxygen atoms in total. The maximum Gasteiger partial charge on any atom is 0.311 e. The largest absolute Gasteiger partial charge is 0.466 e. The quantitative estimate of drug-likeness (QED) is 0.772. The van der Waals surface area contributed by atoms with Crippen LogP contribution in [0.2, 0.25) is 0 Å². The summed E-state index contributed by atoms with van der Waals surface area (Å²) in [6.07, 6.45) is 3.56. The Morgan fingerprint density at radius 3 is 3.00 bits per heavy atom. The number of nitrogens with zero attached hydrogens (tertiary/aromatic N) is 1. The van der Waals surface area contributed by atoms with Gasteiger partial charge in [-0.2, -0.15) is 0 Å². The van der Waals surface area contributed by atoms with E-state index in [-0.39, 0.29) is 18.0 Å². The second kappa shape index (κ2) is 5.96. The monoisotopic (exact) mass is 249 g/mol. The smallest absolute Gasteiger partial charge is 0.311 e. The number of hydrogen-bond acceptors (Lipinski definition) is 4. The molecule has 0 aliphatic carbocycles. The van der Waals surface area contributed by atoms with E-state index in [0.717, 1.165) is 24.1 Å². The molecule has 1 saturated heterocycles. The van der Waals surface area contributed by atoms with E-state index >= 15 is 0 Å². The summed E-state index contributed by atoms with van der Waals surface area (Å²) < 4.78 is 10.8. The summed E-state index contributed by atoms with van der Waals surface area (Å²) in [6.45, 7) is 4.67. The zero-order valence-electron chi connectivity index (χ0n) is 10.9. The number of carbonyl (C=O) groups is 1. The van der Waals surface area contributed by atoms with Gasteiger partial charge in [-0.3, -0.25) is 9.78 Å². The van der Waals surface area contributed by atoms with Crippen molar-refractivity contribution in [3.05, 3.63) is 29.6 Å². The van der Waals surface area contributed by atoms with Gasteiger partial charge in [-0.05, 0) is 44.4 Å². The van der Waals surface area contributed by atoms with Crippen LogP contribution >= 0.6 is 0 Å². The van der Waals surface area contributed by atoms with Crippen LogP contribution in [0.5, 0.6) is 0 Å². The molecule has 18 heavy (non-hydrogen) atoms. The number of carbonyl (C=O) groups excluding carboxylic acids is 1. The van der Waals surface area contributed by atoms with Gasteiger partial charge >= 0.3 is 5.97 Å². The van der Waals surface area contributed by atoms with Gasteiger partial charge in [0.05, 0.1) is 25.2 Å². The van der Waals surface area contributed by atoms with E-state index in [4.69, 9.17) is 9.47 Å². The zero-order valence-corrected chi connectivity index (χ0v) is 10.9. The number of ether oxygens (including phenoxy) is 2. The molecule has 2 unspecified atom stereocenters. The molecule has 1 aromatic rings. The Kier molecular flexibility index (Phi) is 4.31. The van der Waals surface area contributed by atoms with Gasteiger partial charge in [0.1, 0.15) is 0 Å². The van der Waals surface area contributed by atoms with Crippen LogP contribution in [0.1, 0.15) is 37.1 Å². The Labute approximate surface area is 107 Å². The van der Waals surface area contributed by atoms with Gasteiger partial charge in [0.2, 0.25) is 0 Å². The van der Waals surface area contributed by atoms with Crippen molar-refractivity contribution in [3.63, 3.8) is 0 Å². The molecule has 0 amide bonds. The van der Waals surface area contributed by atoms with E-state index in [0.29, 0.717) is 13.2 Å². The van der Waals surface area contributed by atoms with Gasteiger partial charge in [-0.25, -0.2) is 0 Å². The fourth-order valence-corrected chi connectivity index (χ4v) is 2.23. The molecule has 98 valence electrons. The van der Waals surface area contributed by atoms with E-state index < -0.39 is 0 Å².